The summed E-state index contributed by atoms with van der Waals surface area (Å²) in [7, 11) is 1.62. The second-order valence-electron chi connectivity index (χ2n) is 9.29. The lowest BCUT2D eigenvalue weighted by molar-refractivity contribution is 0.0551. The van der Waals surface area contributed by atoms with E-state index in [4.69, 9.17) is 19.9 Å². The van der Waals surface area contributed by atoms with E-state index in [0.717, 1.165) is 74.7 Å². The second-order valence-corrected chi connectivity index (χ2v) is 9.29. The Kier molecular flexibility index (Phi) is 7.97. The normalized spacial score (nSPS) is 19.6. The molecule has 2 aromatic rings. The zero-order valence-corrected chi connectivity index (χ0v) is 21.6. The highest BCUT2D eigenvalue weighted by Gasteiger charge is 2.22. The number of nitrogens with one attached hydrogen (secondary N) is 2. The lowest BCUT2D eigenvalue weighted by Gasteiger charge is -2.35. The third kappa shape index (κ3) is 5.69. The number of hydrogen-bond acceptors (Lipinski definition) is 10. The molecule has 0 unspecified atom stereocenters. The fraction of sp³-hybridized carbons (Fsp3) is 0.357. The van der Waals surface area contributed by atoms with Crippen LogP contribution in [0.15, 0.2) is 65.9 Å². The molecule has 5 rings (SSSR count). The predicted octanol–water partition coefficient (Wildman–Crippen LogP) is 2.39. The molecule has 2 N–H and O–H groups in total. The maximum Gasteiger partial charge on any atom is 0.212 e. The van der Waals surface area contributed by atoms with Gasteiger partial charge in [-0.1, -0.05) is 6.07 Å². The summed E-state index contributed by atoms with van der Waals surface area (Å²) < 4.78 is 10.6. The van der Waals surface area contributed by atoms with Crippen molar-refractivity contribution in [1.82, 2.24) is 25.1 Å². The third-order valence-corrected chi connectivity index (χ3v) is 7.00. The first-order valence-electron chi connectivity index (χ1n) is 12.8. The average Bonchev–Trinajstić information content (AvgIpc) is 2.99. The second kappa shape index (κ2) is 11.9. The van der Waals surface area contributed by atoms with Gasteiger partial charge in [-0.2, -0.15) is 5.26 Å². The van der Waals surface area contributed by atoms with Crippen LogP contribution in [0.3, 0.4) is 0 Å². The smallest absolute Gasteiger partial charge is 0.212 e. The molecule has 0 saturated carbocycles. The Morgan fingerprint density at radius 1 is 1.08 bits per heavy atom. The molecule has 2 fully saturated rings. The van der Waals surface area contributed by atoms with Crippen LogP contribution in [0.25, 0.3) is 5.57 Å². The standard InChI is InChI=1S/C28H32N8O2/c1-37-27-5-2-21(17-32-27)20-34-6-8-36(9-7-34)26-4-3-22(18-31-26)25-14-24(35-10-12-38-13-11-35)19-33-28(25)23(15-29)16-30/h2-5,14-15,17-19,29,33H,6-13,20H2,1H3/b28-23+,29-15?. The maximum absolute atomic E-state index is 9.60. The molecule has 3 aliphatic rings. The van der Waals surface area contributed by atoms with Gasteiger partial charge < -0.3 is 30.0 Å². The zero-order valence-electron chi connectivity index (χ0n) is 21.6. The van der Waals surface area contributed by atoms with E-state index < -0.39 is 0 Å². The van der Waals surface area contributed by atoms with Gasteiger partial charge in [0.15, 0.2) is 0 Å². The van der Waals surface area contributed by atoms with Gasteiger partial charge in [0.05, 0.1) is 37.3 Å². The summed E-state index contributed by atoms with van der Waals surface area (Å²) in [5.74, 6) is 1.57. The number of anilines is 1. The van der Waals surface area contributed by atoms with Gasteiger partial charge in [0.25, 0.3) is 0 Å². The van der Waals surface area contributed by atoms with E-state index in [1.54, 1.807) is 7.11 Å². The molecule has 38 heavy (non-hydrogen) atoms. The van der Waals surface area contributed by atoms with E-state index in [0.29, 0.717) is 24.8 Å². The van der Waals surface area contributed by atoms with Crippen molar-refractivity contribution in [3.63, 3.8) is 0 Å². The molecule has 5 heterocycles. The van der Waals surface area contributed by atoms with Crippen molar-refractivity contribution in [3.05, 3.63) is 77.0 Å². The van der Waals surface area contributed by atoms with Crippen molar-refractivity contribution in [3.8, 4) is 11.9 Å². The summed E-state index contributed by atoms with van der Waals surface area (Å²) in [4.78, 5) is 16.1. The molecule has 2 saturated heterocycles. The van der Waals surface area contributed by atoms with Crippen molar-refractivity contribution < 1.29 is 9.47 Å². The highest BCUT2D eigenvalue weighted by molar-refractivity contribution is 5.93. The van der Waals surface area contributed by atoms with Gasteiger partial charge in [0.1, 0.15) is 11.9 Å². The zero-order chi connectivity index (χ0) is 26.3. The molecule has 0 spiro atoms. The summed E-state index contributed by atoms with van der Waals surface area (Å²) >= 11 is 0. The Balaban J connectivity index is 1.28. The van der Waals surface area contributed by atoms with Gasteiger partial charge in [-0.3, -0.25) is 4.90 Å². The molecule has 0 atom stereocenters. The highest BCUT2D eigenvalue weighted by Crippen LogP contribution is 2.30. The predicted molar refractivity (Wildman–Crippen MR) is 146 cm³/mol. The van der Waals surface area contributed by atoms with E-state index in [1.165, 1.54) is 5.56 Å². The van der Waals surface area contributed by atoms with Crippen LogP contribution in [0.5, 0.6) is 5.88 Å². The SMILES string of the molecule is COc1ccc(CN2CCN(c3ccc(C4=CC(N5CCOCC5)=CN/C4=C(/C#N)C=N)cn3)CC2)cn1. The number of piperazine rings is 1. The van der Waals surface area contributed by atoms with Crippen LogP contribution in [0.1, 0.15) is 11.1 Å². The number of hydrogen-bond donors (Lipinski definition) is 2. The van der Waals surface area contributed by atoms with Crippen LogP contribution >= 0.6 is 0 Å². The third-order valence-electron chi connectivity index (χ3n) is 7.00. The van der Waals surface area contributed by atoms with Gasteiger partial charge in [0, 0.05) is 87.8 Å². The monoisotopic (exact) mass is 512 g/mol. The van der Waals surface area contributed by atoms with E-state index >= 15 is 0 Å². The van der Waals surface area contributed by atoms with Gasteiger partial charge in [-0.15, -0.1) is 0 Å². The average molecular weight is 513 g/mol. The molecule has 10 nitrogen and oxygen atoms in total. The lowest BCUT2D eigenvalue weighted by atomic mass is 9.97. The van der Waals surface area contributed by atoms with Crippen molar-refractivity contribution >= 4 is 17.6 Å². The first-order valence-corrected chi connectivity index (χ1v) is 12.8. The molecular formula is C28H32N8O2. The Hall–Kier alpha value is -4.20. The minimum atomic E-state index is 0.279. The Morgan fingerprint density at radius 3 is 2.53 bits per heavy atom. The topological polar surface area (TPSA) is 114 Å². The summed E-state index contributed by atoms with van der Waals surface area (Å²) in [6, 6.07) is 10.2. The number of allylic oxidation sites excluding steroid dienone is 3. The molecule has 0 bridgehead atoms. The molecule has 3 aliphatic heterocycles. The van der Waals surface area contributed by atoms with Gasteiger partial charge in [0.2, 0.25) is 5.88 Å². The number of ether oxygens (including phenoxy) is 2. The summed E-state index contributed by atoms with van der Waals surface area (Å²) in [5, 5.41) is 20.6. The van der Waals surface area contributed by atoms with Crippen LogP contribution in [-0.4, -0.2) is 85.6 Å². The number of methoxy groups -OCH3 is 1. The number of nitriles is 1. The Bertz CT molecular complexity index is 1260. The van der Waals surface area contributed by atoms with Crippen molar-refractivity contribution in [2.75, 3.05) is 64.5 Å². The Labute approximate surface area is 223 Å². The summed E-state index contributed by atoms with van der Waals surface area (Å²) in [5.41, 5.74) is 4.85. The molecule has 10 heteroatoms. The first kappa shape index (κ1) is 25.4. The molecule has 0 radical (unpaired) electrons. The summed E-state index contributed by atoms with van der Waals surface area (Å²) in [6.07, 6.45) is 8.79. The van der Waals surface area contributed by atoms with E-state index in [9.17, 15) is 5.26 Å². The van der Waals surface area contributed by atoms with Crippen LogP contribution in [0.2, 0.25) is 0 Å². The molecule has 0 amide bonds. The van der Waals surface area contributed by atoms with Crippen molar-refractivity contribution in [2.45, 2.75) is 6.54 Å². The largest absolute Gasteiger partial charge is 0.481 e. The minimum absolute atomic E-state index is 0.279. The molecule has 0 aromatic carbocycles. The maximum atomic E-state index is 9.60. The number of nitrogens with zero attached hydrogens (tertiary/aromatic N) is 6. The van der Waals surface area contributed by atoms with Crippen LogP contribution in [-0.2, 0) is 11.3 Å². The van der Waals surface area contributed by atoms with Gasteiger partial charge in [-0.25, -0.2) is 9.97 Å². The van der Waals surface area contributed by atoms with E-state index in [1.807, 2.05) is 36.8 Å². The minimum Gasteiger partial charge on any atom is -0.481 e. The molecular weight excluding hydrogens is 480 g/mol. The van der Waals surface area contributed by atoms with E-state index in [-0.39, 0.29) is 5.57 Å². The fourth-order valence-corrected chi connectivity index (χ4v) is 4.85. The van der Waals surface area contributed by atoms with Gasteiger partial charge in [-0.05, 0) is 23.8 Å². The van der Waals surface area contributed by atoms with Crippen LogP contribution in [0.4, 0.5) is 5.82 Å². The first-order chi connectivity index (χ1) is 18.7. The van der Waals surface area contributed by atoms with Gasteiger partial charge >= 0.3 is 0 Å². The number of morpholine rings is 1. The van der Waals surface area contributed by atoms with Crippen molar-refractivity contribution in [2.24, 2.45) is 0 Å². The summed E-state index contributed by atoms with van der Waals surface area (Å²) in [6.45, 7) is 7.52. The van der Waals surface area contributed by atoms with Crippen molar-refractivity contribution in [1.29, 1.82) is 10.7 Å². The quantitative estimate of drug-likeness (QED) is 0.426. The Morgan fingerprint density at radius 2 is 1.89 bits per heavy atom. The highest BCUT2D eigenvalue weighted by atomic mass is 16.5. The molecule has 0 aliphatic carbocycles. The van der Waals surface area contributed by atoms with E-state index in [2.05, 4.69) is 43.2 Å². The number of pyridine rings is 2. The number of aromatic nitrogens is 2. The lowest BCUT2D eigenvalue weighted by Crippen LogP contribution is -2.46. The fourth-order valence-electron chi connectivity index (χ4n) is 4.85. The van der Waals surface area contributed by atoms with Crippen LogP contribution in [0, 0.1) is 16.7 Å². The van der Waals surface area contributed by atoms with Crippen LogP contribution < -0.4 is 15.0 Å². The molecule has 2 aromatic heterocycles. The number of dihydropyridines is 1. The number of rotatable bonds is 7. The molecule has 196 valence electrons.